The highest BCUT2D eigenvalue weighted by Crippen LogP contribution is 2.08. The van der Waals surface area contributed by atoms with E-state index in [4.69, 9.17) is 0 Å². The summed E-state index contributed by atoms with van der Waals surface area (Å²) in [4.78, 5) is 0. The fraction of sp³-hybridized carbons (Fsp3) is 0.467. The Morgan fingerprint density at radius 3 is 2.94 bits per heavy atom. The molecule has 1 saturated heterocycles. The lowest BCUT2D eigenvalue weighted by atomic mass is 10.00. The summed E-state index contributed by atoms with van der Waals surface area (Å²) in [6.45, 7) is 4.47. The van der Waals surface area contributed by atoms with Gasteiger partial charge in [0.1, 0.15) is 0 Å². The van der Waals surface area contributed by atoms with Crippen molar-refractivity contribution >= 4 is 6.08 Å². The van der Waals surface area contributed by atoms with Gasteiger partial charge in [-0.1, -0.05) is 42.5 Å². The van der Waals surface area contributed by atoms with Crippen LogP contribution in [0.5, 0.6) is 0 Å². The van der Waals surface area contributed by atoms with Gasteiger partial charge in [0.15, 0.2) is 0 Å². The Morgan fingerprint density at radius 2 is 2.18 bits per heavy atom. The van der Waals surface area contributed by atoms with Crippen molar-refractivity contribution in [2.45, 2.75) is 12.8 Å². The van der Waals surface area contributed by atoms with Crippen LogP contribution in [-0.4, -0.2) is 26.2 Å². The van der Waals surface area contributed by atoms with E-state index in [9.17, 15) is 0 Å². The largest absolute Gasteiger partial charge is 0.316 e. The Labute approximate surface area is 104 Å². The Morgan fingerprint density at radius 1 is 1.29 bits per heavy atom. The third kappa shape index (κ3) is 4.72. The van der Waals surface area contributed by atoms with E-state index >= 15 is 0 Å². The summed E-state index contributed by atoms with van der Waals surface area (Å²) in [5.41, 5.74) is 1.27. The van der Waals surface area contributed by atoms with Gasteiger partial charge in [0, 0.05) is 6.54 Å². The fourth-order valence-electron chi connectivity index (χ4n) is 2.23. The van der Waals surface area contributed by atoms with E-state index < -0.39 is 0 Å². The Bertz CT molecular complexity index is 326. The molecule has 17 heavy (non-hydrogen) atoms. The predicted octanol–water partition coefficient (Wildman–Crippen LogP) is 2.29. The summed E-state index contributed by atoms with van der Waals surface area (Å²) in [6.07, 6.45) is 7.06. The molecule has 1 aliphatic heterocycles. The van der Waals surface area contributed by atoms with Crippen molar-refractivity contribution in [2.75, 3.05) is 26.2 Å². The molecule has 1 atom stereocenters. The number of benzene rings is 1. The van der Waals surface area contributed by atoms with E-state index in [1.807, 2.05) is 6.07 Å². The molecule has 0 spiro atoms. The molecule has 1 aromatic rings. The molecule has 2 heteroatoms. The normalized spacial score (nSPS) is 20.8. The molecule has 0 aliphatic carbocycles. The average molecular weight is 230 g/mol. The van der Waals surface area contributed by atoms with Crippen LogP contribution in [0, 0.1) is 5.92 Å². The zero-order valence-electron chi connectivity index (χ0n) is 10.4. The third-order valence-corrected chi connectivity index (χ3v) is 3.20. The number of hydrogen-bond acceptors (Lipinski definition) is 2. The summed E-state index contributed by atoms with van der Waals surface area (Å²) < 4.78 is 0. The minimum atomic E-state index is 0.814. The van der Waals surface area contributed by atoms with Crippen molar-refractivity contribution in [1.29, 1.82) is 0 Å². The average Bonchev–Trinajstić information content (AvgIpc) is 2.41. The molecule has 0 bridgehead atoms. The predicted molar refractivity (Wildman–Crippen MR) is 73.9 cm³/mol. The first kappa shape index (κ1) is 12.3. The van der Waals surface area contributed by atoms with E-state index in [0.29, 0.717) is 0 Å². The molecule has 1 unspecified atom stereocenters. The highest BCUT2D eigenvalue weighted by molar-refractivity contribution is 5.48. The van der Waals surface area contributed by atoms with Crippen molar-refractivity contribution in [2.24, 2.45) is 5.92 Å². The zero-order valence-corrected chi connectivity index (χ0v) is 10.4. The lowest BCUT2D eigenvalue weighted by molar-refractivity contribution is 0.365. The monoisotopic (exact) mass is 230 g/mol. The first-order valence-electron chi connectivity index (χ1n) is 6.58. The molecule has 2 rings (SSSR count). The maximum Gasteiger partial charge on any atom is 0.0138 e. The minimum Gasteiger partial charge on any atom is -0.316 e. The molecule has 0 amide bonds. The minimum absolute atomic E-state index is 0.814. The van der Waals surface area contributed by atoms with Crippen LogP contribution < -0.4 is 10.6 Å². The second-order valence-corrected chi connectivity index (χ2v) is 4.68. The third-order valence-electron chi connectivity index (χ3n) is 3.20. The van der Waals surface area contributed by atoms with E-state index in [1.165, 1.54) is 31.5 Å². The van der Waals surface area contributed by atoms with Crippen molar-refractivity contribution in [3.05, 3.63) is 42.0 Å². The molecule has 1 heterocycles. The lowest BCUT2D eigenvalue weighted by Gasteiger charge is -2.22. The molecule has 92 valence electrons. The number of hydrogen-bond donors (Lipinski definition) is 2. The van der Waals surface area contributed by atoms with E-state index in [0.717, 1.165) is 19.0 Å². The first-order valence-corrected chi connectivity index (χ1v) is 6.58. The maximum atomic E-state index is 3.50. The fourth-order valence-corrected chi connectivity index (χ4v) is 2.23. The highest BCUT2D eigenvalue weighted by Gasteiger charge is 2.11. The van der Waals surface area contributed by atoms with Gasteiger partial charge in [0.2, 0.25) is 0 Å². The summed E-state index contributed by atoms with van der Waals surface area (Å²) >= 11 is 0. The second-order valence-electron chi connectivity index (χ2n) is 4.68. The van der Waals surface area contributed by atoms with Crippen LogP contribution in [0.3, 0.4) is 0 Å². The van der Waals surface area contributed by atoms with Crippen molar-refractivity contribution in [1.82, 2.24) is 10.6 Å². The van der Waals surface area contributed by atoms with Gasteiger partial charge in [0.25, 0.3) is 0 Å². The summed E-state index contributed by atoms with van der Waals surface area (Å²) in [5.74, 6) is 0.814. The summed E-state index contributed by atoms with van der Waals surface area (Å²) in [7, 11) is 0. The molecule has 1 fully saturated rings. The molecule has 1 aromatic carbocycles. The van der Waals surface area contributed by atoms with Crippen molar-refractivity contribution < 1.29 is 0 Å². The smallest absolute Gasteiger partial charge is 0.0138 e. The number of rotatable bonds is 5. The standard InChI is InChI=1S/C15H22N2/c1-2-6-14(7-3-1)8-4-10-16-12-15-9-5-11-17-13-15/h1-4,6-8,15-17H,5,9-13H2/b8-4+. The van der Waals surface area contributed by atoms with Gasteiger partial charge < -0.3 is 10.6 Å². The van der Waals surface area contributed by atoms with Gasteiger partial charge in [-0.3, -0.25) is 0 Å². The molecule has 2 N–H and O–H groups in total. The van der Waals surface area contributed by atoms with E-state index in [1.54, 1.807) is 0 Å². The highest BCUT2D eigenvalue weighted by atomic mass is 14.9. The molecule has 0 aromatic heterocycles. The molecule has 0 radical (unpaired) electrons. The molecular formula is C15H22N2. The molecule has 1 aliphatic rings. The number of nitrogens with one attached hydrogen (secondary N) is 2. The van der Waals surface area contributed by atoms with Crippen LogP contribution in [0.2, 0.25) is 0 Å². The second kappa shape index (κ2) is 7.25. The molecule has 0 saturated carbocycles. The van der Waals surface area contributed by atoms with E-state index in [2.05, 4.69) is 47.1 Å². The Hall–Kier alpha value is -1.12. The van der Waals surface area contributed by atoms with Gasteiger partial charge >= 0.3 is 0 Å². The Kier molecular flexibility index (Phi) is 5.27. The van der Waals surface area contributed by atoms with Crippen LogP contribution in [0.1, 0.15) is 18.4 Å². The summed E-state index contributed by atoms with van der Waals surface area (Å²) in [5, 5.41) is 6.94. The maximum absolute atomic E-state index is 3.50. The van der Waals surface area contributed by atoms with Gasteiger partial charge in [0.05, 0.1) is 0 Å². The van der Waals surface area contributed by atoms with Gasteiger partial charge in [-0.05, 0) is 44.0 Å². The molecular weight excluding hydrogens is 208 g/mol. The van der Waals surface area contributed by atoms with Gasteiger partial charge in [-0.15, -0.1) is 0 Å². The Balaban J connectivity index is 1.61. The van der Waals surface area contributed by atoms with Crippen LogP contribution in [0.25, 0.3) is 6.08 Å². The van der Waals surface area contributed by atoms with Crippen molar-refractivity contribution in [3.8, 4) is 0 Å². The van der Waals surface area contributed by atoms with Crippen LogP contribution in [0.4, 0.5) is 0 Å². The lowest BCUT2D eigenvalue weighted by Crippen LogP contribution is -2.36. The summed E-state index contributed by atoms with van der Waals surface area (Å²) in [6, 6.07) is 10.4. The van der Waals surface area contributed by atoms with Gasteiger partial charge in [-0.25, -0.2) is 0 Å². The van der Waals surface area contributed by atoms with Crippen LogP contribution in [-0.2, 0) is 0 Å². The first-order chi connectivity index (χ1) is 8.45. The van der Waals surface area contributed by atoms with E-state index in [-0.39, 0.29) is 0 Å². The van der Waals surface area contributed by atoms with Crippen LogP contribution in [0.15, 0.2) is 36.4 Å². The van der Waals surface area contributed by atoms with Crippen LogP contribution >= 0.6 is 0 Å². The molecule has 2 nitrogen and oxygen atoms in total. The SMILES string of the molecule is C(=C\c1ccccc1)/CNCC1CCCNC1. The quantitative estimate of drug-likeness (QED) is 0.758. The zero-order chi connectivity index (χ0) is 11.8. The van der Waals surface area contributed by atoms with Crippen molar-refractivity contribution in [3.63, 3.8) is 0 Å². The van der Waals surface area contributed by atoms with Gasteiger partial charge in [-0.2, -0.15) is 0 Å². The topological polar surface area (TPSA) is 24.1 Å². The number of piperidine rings is 1.